The maximum absolute atomic E-state index is 13.0. The molecule has 0 atom stereocenters. The van der Waals surface area contributed by atoms with Crippen LogP contribution in [-0.4, -0.2) is 33.6 Å². The summed E-state index contributed by atoms with van der Waals surface area (Å²) >= 11 is 1.31. The predicted molar refractivity (Wildman–Crippen MR) is 127 cm³/mol. The number of carbonyl (C=O) groups is 2. The number of rotatable bonds is 6. The molecule has 1 aliphatic rings. The lowest BCUT2D eigenvalue weighted by Crippen LogP contribution is -2.29. The quantitative estimate of drug-likeness (QED) is 0.472. The number of carbonyl (C=O) groups excluding carboxylic acids is 1. The molecule has 1 amide bonds. The zero-order chi connectivity index (χ0) is 22.7. The van der Waals surface area contributed by atoms with Crippen LogP contribution in [0, 0.1) is 6.92 Å². The summed E-state index contributed by atoms with van der Waals surface area (Å²) in [7, 11) is 0. The first-order chi connectivity index (χ1) is 15.5. The number of carboxylic acid groups (broad SMARTS) is 1. The number of benzene rings is 2. The van der Waals surface area contributed by atoms with E-state index in [2.05, 4.69) is 4.99 Å². The smallest absolute Gasteiger partial charge is 0.336 e. The van der Waals surface area contributed by atoms with Gasteiger partial charge in [-0.2, -0.15) is 0 Å². The highest BCUT2D eigenvalue weighted by Gasteiger charge is 2.33. The van der Waals surface area contributed by atoms with E-state index in [4.69, 9.17) is 4.42 Å². The molecule has 0 radical (unpaired) electrons. The van der Waals surface area contributed by atoms with Crippen molar-refractivity contribution in [2.75, 3.05) is 6.54 Å². The molecule has 1 N–H and O–H groups in total. The van der Waals surface area contributed by atoms with Gasteiger partial charge in [0.1, 0.15) is 11.5 Å². The molecule has 0 unspecified atom stereocenters. The standard InChI is InChI=1S/C25H22N2O4S/c1-3-14-27-23(28)22(32-25(27)26-17-10-8-16(2)9-11-17)15-18-12-13-21(31-18)19-6-4-5-7-20(19)24(29)30/h4-13,15H,3,14H2,1-2H3,(H,29,30)/b22-15+,26-25?. The Kier molecular flexibility index (Phi) is 6.28. The topological polar surface area (TPSA) is 83.1 Å². The van der Waals surface area contributed by atoms with Crippen molar-refractivity contribution >= 4 is 40.6 Å². The molecule has 0 spiro atoms. The van der Waals surface area contributed by atoms with E-state index in [9.17, 15) is 14.7 Å². The van der Waals surface area contributed by atoms with Gasteiger partial charge in [0.25, 0.3) is 5.91 Å². The number of aliphatic imine (C=N–C) groups is 1. The van der Waals surface area contributed by atoms with Gasteiger partial charge in [0.2, 0.25) is 0 Å². The highest BCUT2D eigenvalue weighted by atomic mass is 32.2. The van der Waals surface area contributed by atoms with Gasteiger partial charge in [-0.25, -0.2) is 9.79 Å². The molecule has 0 bridgehead atoms. The van der Waals surface area contributed by atoms with Gasteiger partial charge in [-0.3, -0.25) is 9.69 Å². The maximum atomic E-state index is 13.0. The van der Waals surface area contributed by atoms with Crippen LogP contribution in [0.4, 0.5) is 5.69 Å². The molecular weight excluding hydrogens is 424 g/mol. The first-order valence-corrected chi connectivity index (χ1v) is 11.1. The molecule has 2 aromatic carbocycles. The number of amides is 1. The largest absolute Gasteiger partial charge is 0.478 e. The molecule has 32 heavy (non-hydrogen) atoms. The summed E-state index contributed by atoms with van der Waals surface area (Å²) in [5.41, 5.74) is 2.59. The van der Waals surface area contributed by atoms with Crippen LogP contribution >= 0.6 is 11.8 Å². The highest BCUT2D eigenvalue weighted by molar-refractivity contribution is 8.18. The molecular formula is C25H22N2O4S. The zero-order valence-electron chi connectivity index (χ0n) is 17.7. The van der Waals surface area contributed by atoms with Gasteiger partial charge in [0.05, 0.1) is 16.2 Å². The number of aromatic carboxylic acids is 1. The molecule has 1 aliphatic heterocycles. The Morgan fingerprint density at radius 2 is 1.88 bits per heavy atom. The third-order valence-corrected chi connectivity index (χ3v) is 5.92. The number of hydrogen-bond donors (Lipinski definition) is 1. The second-order valence-electron chi connectivity index (χ2n) is 7.35. The van der Waals surface area contributed by atoms with E-state index < -0.39 is 5.97 Å². The number of thioether (sulfide) groups is 1. The van der Waals surface area contributed by atoms with Crippen LogP contribution in [-0.2, 0) is 4.79 Å². The SMILES string of the molecule is CCCN1C(=O)/C(=C\c2ccc(-c3ccccc3C(=O)O)o2)SC1=Nc1ccc(C)cc1. The molecule has 7 heteroatoms. The predicted octanol–water partition coefficient (Wildman–Crippen LogP) is 5.97. The molecule has 4 rings (SSSR count). The van der Waals surface area contributed by atoms with E-state index in [1.807, 2.05) is 38.1 Å². The van der Waals surface area contributed by atoms with Crippen LogP contribution < -0.4 is 0 Å². The van der Waals surface area contributed by atoms with Crippen molar-refractivity contribution in [2.24, 2.45) is 4.99 Å². The van der Waals surface area contributed by atoms with E-state index in [0.717, 1.165) is 17.7 Å². The average Bonchev–Trinajstić information content (AvgIpc) is 3.36. The van der Waals surface area contributed by atoms with Gasteiger partial charge in [-0.1, -0.05) is 42.8 Å². The normalized spacial score (nSPS) is 16.3. The molecule has 0 aliphatic carbocycles. The Morgan fingerprint density at radius 1 is 1.12 bits per heavy atom. The van der Waals surface area contributed by atoms with Crippen molar-refractivity contribution in [1.82, 2.24) is 4.90 Å². The third kappa shape index (κ3) is 4.53. The molecule has 3 aromatic rings. The summed E-state index contributed by atoms with van der Waals surface area (Å²) in [6, 6.07) is 17.9. The molecule has 1 fully saturated rings. The molecule has 1 saturated heterocycles. The fourth-order valence-corrected chi connectivity index (χ4v) is 4.34. The Labute approximate surface area is 190 Å². The summed E-state index contributed by atoms with van der Waals surface area (Å²) in [6.07, 6.45) is 2.49. The van der Waals surface area contributed by atoms with Crippen LogP contribution in [0.5, 0.6) is 0 Å². The summed E-state index contributed by atoms with van der Waals surface area (Å²) in [6.45, 7) is 4.60. The lowest BCUT2D eigenvalue weighted by molar-refractivity contribution is -0.122. The van der Waals surface area contributed by atoms with E-state index in [1.54, 1.807) is 41.3 Å². The molecule has 162 valence electrons. The van der Waals surface area contributed by atoms with Gasteiger partial charge >= 0.3 is 5.97 Å². The monoisotopic (exact) mass is 446 g/mol. The van der Waals surface area contributed by atoms with E-state index in [-0.39, 0.29) is 11.5 Å². The van der Waals surface area contributed by atoms with Crippen LogP contribution in [0.1, 0.15) is 35.0 Å². The number of nitrogens with zero attached hydrogens (tertiary/aromatic N) is 2. The summed E-state index contributed by atoms with van der Waals surface area (Å²) < 4.78 is 5.87. The second kappa shape index (κ2) is 9.28. The fourth-order valence-electron chi connectivity index (χ4n) is 3.33. The molecule has 0 saturated carbocycles. The van der Waals surface area contributed by atoms with Gasteiger partial charge in [0.15, 0.2) is 5.17 Å². The van der Waals surface area contributed by atoms with Crippen molar-refractivity contribution in [1.29, 1.82) is 0 Å². The summed E-state index contributed by atoms with van der Waals surface area (Å²) in [4.78, 5) is 31.4. The minimum atomic E-state index is -1.02. The maximum Gasteiger partial charge on any atom is 0.336 e. The van der Waals surface area contributed by atoms with Crippen LogP contribution in [0.25, 0.3) is 17.4 Å². The van der Waals surface area contributed by atoms with Gasteiger partial charge in [-0.15, -0.1) is 0 Å². The van der Waals surface area contributed by atoms with Crippen molar-refractivity contribution in [3.8, 4) is 11.3 Å². The van der Waals surface area contributed by atoms with Crippen LogP contribution in [0.3, 0.4) is 0 Å². The Hall–Kier alpha value is -3.58. The van der Waals surface area contributed by atoms with Crippen LogP contribution in [0.15, 0.2) is 75.0 Å². The number of furan rings is 1. The van der Waals surface area contributed by atoms with E-state index in [0.29, 0.717) is 33.7 Å². The van der Waals surface area contributed by atoms with E-state index in [1.165, 1.54) is 17.8 Å². The van der Waals surface area contributed by atoms with E-state index >= 15 is 0 Å². The van der Waals surface area contributed by atoms with Crippen molar-refractivity contribution in [2.45, 2.75) is 20.3 Å². The van der Waals surface area contributed by atoms with Crippen LogP contribution in [0.2, 0.25) is 0 Å². The van der Waals surface area contributed by atoms with Gasteiger partial charge in [0, 0.05) is 18.2 Å². The summed E-state index contributed by atoms with van der Waals surface area (Å²) in [5.74, 6) is -0.231. The Morgan fingerprint density at radius 3 is 2.59 bits per heavy atom. The minimum absolute atomic E-state index is 0.119. The number of amidine groups is 1. The number of carboxylic acids is 1. The van der Waals surface area contributed by atoms with Crippen molar-refractivity contribution in [3.63, 3.8) is 0 Å². The van der Waals surface area contributed by atoms with Gasteiger partial charge < -0.3 is 9.52 Å². The minimum Gasteiger partial charge on any atom is -0.478 e. The first kappa shape index (κ1) is 21.6. The third-order valence-electron chi connectivity index (χ3n) is 4.92. The zero-order valence-corrected chi connectivity index (χ0v) is 18.6. The number of aryl methyl sites for hydroxylation is 1. The Bertz CT molecular complexity index is 1220. The van der Waals surface area contributed by atoms with Gasteiger partial charge in [-0.05, 0) is 55.4 Å². The lowest BCUT2D eigenvalue weighted by Gasteiger charge is -2.13. The lowest BCUT2D eigenvalue weighted by atomic mass is 10.1. The summed E-state index contributed by atoms with van der Waals surface area (Å²) in [5, 5.41) is 10.1. The molecule has 1 aromatic heterocycles. The second-order valence-corrected chi connectivity index (χ2v) is 8.36. The van der Waals surface area contributed by atoms with Crippen molar-refractivity contribution in [3.05, 3.63) is 82.5 Å². The average molecular weight is 447 g/mol. The first-order valence-electron chi connectivity index (χ1n) is 10.3. The van der Waals surface area contributed by atoms with Crippen molar-refractivity contribution < 1.29 is 19.1 Å². The number of hydrogen-bond acceptors (Lipinski definition) is 5. The molecule has 6 nitrogen and oxygen atoms in total. The highest BCUT2D eigenvalue weighted by Crippen LogP contribution is 2.35. The molecule has 2 heterocycles. The Balaban J connectivity index is 1.64. The fraction of sp³-hybridized carbons (Fsp3) is 0.160.